The molecule has 2 heterocycles. The Morgan fingerprint density at radius 2 is 1.97 bits per heavy atom. The third-order valence-electron chi connectivity index (χ3n) is 4.80. The van der Waals surface area contributed by atoms with Crippen LogP contribution in [0.5, 0.6) is 0 Å². The Morgan fingerprint density at radius 1 is 1.23 bits per heavy atom. The molecule has 3 aromatic rings. The lowest BCUT2D eigenvalue weighted by atomic mass is 10.2. The largest absolute Gasteiger partial charge is 0.347 e. The fraction of sp³-hybridized carbons (Fsp3) is 0.300. The smallest absolute Gasteiger partial charge is 0.268 e. The second-order valence-corrected chi connectivity index (χ2v) is 8.64. The van der Waals surface area contributed by atoms with Gasteiger partial charge in [0, 0.05) is 45.3 Å². The van der Waals surface area contributed by atoms with E-state index in [9.17, 15) is 17.6 Å². The maximum Gasteiger partial charge on any atom is 0.268 e. The number of nitrogens with zero attached hydrogens (tertiary/aromatic N) is 4. The van der Waals surface area contributed by atoms with Gasteiger partial charge in [0.15, 0.2) is 0 Å². The van der Waals surface area contributed by atoms with Crippen LogP contribution < -0.4 is 5.32 Å². The van der Waals surface area contributed by atoms with Crippen LogP contribution >= 0.6 is 0 Å². The number of sulfonamides is 1. The van der Waals surface area contributed by atoms with Crippen LogP contribution in [0.3, 0.4) is 0 Å². The van der Waals surface area contributed by atoms with Crippen molar-refractivity contribution in [2.24, 2.45) is 7.05 Å². The summed E-state index contributed by atoms with van der Waals surface area (Å²) in [4.78, 5) is 16.5. The van der Waals surface area contributed by atoms with E-state index < -0.39 is 21.7 Å². The van der Waals surface area contributed by atoms with Gasteiger partial charge in [-0.05, 0) is 23.8 Å². The molecule has 0 fully saturated rings. The zero-order valence-electron chi connectivity index (χ0n) is 17.0. The second kappa shape index (κ2) is 8.80. The first kappa shape index (κ1) is 21.7. The molecule has 160 valence electrons. The summed E-state index contributed by atoms with van der Waals surface area (Å²) in [6.45, 7) is 4.30. The molecule has 2 aromatic heterocycles. The molecule has 30 heavy (non-hydrogen) atoms. The lowest BCUT2D eigenvalue weighted by Gasteiger charge is -2.17. The molecule has 0 atom stereocenters. The second-order valence-electron chi connectivity index (χ2n) is 6.70. The third-order valence-corrected chi connectivity index (χ3v) is 6.82. The number of aromatic nitrogens is 3. The van der Waals surface area contributed by atoms with Crippen molar-refractivity contribution in [1.82, 2.24) is 23.7 Å². The molecule has 0 aliphatic carbocycles. The SMILES string of the molecule is CCN(CC)S(=O)(=O)c1cc(C(=O)NCc2ccc(-n3ccnc3)c(F)c2)n(C)c1. The predicted molar refractivity (Wildman–Crippen MR) is 110 cm³/mol. The Morgan fingerprint density at radius 3 is 2.57 bits per heavy atom. The molecule has 1 aromatic carbocycles. The van der Waals surface area contributed by atoms with E-state index in [1.807, 2.05) is 0 Å². The molecule has 8 nitrogen and oxygen atoms in total. The first-order chi connectivity index (χ1) is 14.3. The molecule has 0 aliphatic heterocycles. The number of carbonyl (C=O) groups excluding carboxylic acids is 1. The highest BCUT2D eigenvalue weighted by Crippen LogP contribution is 2.19. The summed E-state index contributed by atoms with van der Waals surface area (Å²) in [5.74, 6) is -0.885. The molecular weight excluding hydrogens is 409 g/mol. The molecule has 3 rings (SSSR count). The number of hydrogen-bond acceptors (Lipinski definition) is 4. The summed E-state index contributed by atoms with van der Waals surface area (Å²) >= 11 is 0. The van der Waals surface area contributed by atoms with Gasteiger partial charge in [0.2, 0.25) is 10.0 Å². The highest BCUT2D eigenvalue weighted by Gasteiger charge is 2.25. The van der Waals surface area contributed by atoms with Crippen molar-refractivity contribution in [3.05, 3.63) is 66.3 Å². The minimum absolute atomic E-state index is 0.0644. The summed E-state index contributed by atoms with van der Waals surface area (Å²) in [5.41, 5.74) is 1.14. The molecule has 0 bridgehead atoms. The van der Waals surface area contributed by atoms with Crippen molar-refractivity contribution < 1.29 is 17.6 Å². The van der Waals surface area contributed by atoms with E-state index in [1.165, 1.54) is 33.5 Å². The molecule has 0 spiro atoms. The molecule has 0 saturated heterocycles. The number of nitrogens with one attached hydrogen (secondary N) is 1. The Kier molecular flexibility index (Phi) is 6.37. The van der Waals surface area contributed by atoms with Crippen LogP contribution in [0.1, 0.15) is 29.9 Å². The van der Waals surface area contributed by atoms with Crippen molar-refractivity contribution >= 4 is 15.9 Å². The van der Waals surface area contributed by atoms with Crippen molar-refractivity contribution in [2.75, 3.05) is 13.1 Å². The molecule has 0 aliphatic rings. The van der Waals surface area contributed by atoms with E-state index >= 15 is 0 Å². The molecule has 0 radical (unpaired) electrons. The quantitative estimate of drug-likeness (QED) is 0.590. The molecular formula is C20H24FN5O3S. The van der Waals surface area contributed by atoms with Crippen LogP contribution in [0.4, 0.5) is 4.39 Å². The van der Waals surface area contributed by atoms with Crippen LogP contribution in [-0.4, -0.2) is 45.8 Å². The zero-order chi connectivity index (χ0) is 21.9. The lowest BCUT2D eigenvalue weighted by Crippen LogP contribution is -2.30. The van der Waals surface area contributed by atoms with Crippen LogP contribution in [0.2, 0.25) is 0 Å². The normalized spacial score (nSPS) is 11.8. The first-order valence-electron chi connectivity index (χ1n) is 9.49. The number of rotatable bonds is 8. The number of aryl methyl sites for hydroxylation is 1. The lowest BCUT2D eigenvalue weighted by molar-refractivity contribution is 0.0942. The minimum Gasteiger partial charge on any atom is -0.347 e. The summed E-state index contributed by atoms with van der Waals surface area (Å²) < 4.78 is 44.0. The van der Waals surface area contributed by atoms with E-state index in [-0.39, 0.29) is 17.1 Å². The number of amides is 1. The van der Waals surface area contributed by atoms with Crippen molar-refractivity contribution in [3.8, 4) is 5.69 Å². The van der Waals surface area contributed by atoms with Crippen LogP contribution in [-0.2, 0) is 23.6 Å². The van der Waals surface area contributed by atoms with Gasteiger partial charge in [-0.1, -0.05) is 19.9 Å². The Labute approximate surface area is 175 Å². The van der Waals surface area contributed by atoms with Crippen LogP contribution in [0.25, 0.3) is 5.69 Å². The van der Waals surface area contributed by atoms with Gasteiger partial charge < -0.3 is 14.5 Å². The van der Waals surface area contributed by atoms with Crippen LogP contribution in [0, 0.1) is 5.82 Å². The number of carbonyl (C=O) groups is 1. The van der Waals surface area contributed by atoms with Gasteiger partial charge in [0.1, 0.15) is 16.4 Å². The number of benzene rings is 1. The standard InChI is InChI=1S/C20H24FN5O3S/c1-4-26(5-2)30(28,29)16-11-19(24(3)13-16)20(27)23-12-15-6-7-18(17(21)10-15)25-9-8-22-14-25/h6-11,13-14H,4-5,12H2,1-3H3,(H,23,27). The number of imidazole rings is 1. The van der Waals surface area contributed by atoms with Gasteiger partial charge in [0.05, 0.1) is 12.0 Å². The Bertz CT molecular complexity index is 1140. The zero-order valence-corrected chi connectivity index (χ0v) is 17.9. The molecule has 0 saturated carbocycles. The van der Waals surface area contributed by atoms with Gasteiger partial charge in [-0.3, -0.25) is 4.79 Å². The fourth-order valence-electron chi connectivity index (χ4n) is 3.16. The van der Waals surface area contributed by atoms with E-state index in [2.05, 4.69) is 10.3 Å². The molecule has 0 unspecified atom stereocenters. The summed E-state index contributed by atoms with van der Waals surface area (Å²) in [7, 11) is -2.05. The Balaban J connectivity index is 1.73. The monoisotopic (exact) mass is 433 g/mol. The van der Waals surface area contributed by atoms with Gasteiger partial charge in [0.25, 0.3) is 5.91 Å². The van der Waals surface area contributed by atoms with E-state index in [1.54, 1.807) is 50.0 Å². The maximum absolute atomic E-state index is 14.4. The molecule has 1 N–H and O–H groups in total. The van der Waals surface area contributed by atoms with Gasteiger partial charge in [-0.15, -0.1) is 0 Å². The minimum atomic E-state index is -3.66. The molecule has 1 amide bonds. The highest BCUT2D eigenvalue weighted by molar-refractivity contribution is 7.89. The van der Waals surface area contributed by atoms with E-state index in [0.29, 0.717) is 24.3 Å². The van der Waals surface area contributed by atoms with E-state index in [0.717, 1.165) is 0 Å². The van der Waals surface area contributed by atoms with Gasteiger partial charge >= 0.3 is 0 Å². The maximum atomic E-state index is 14.4. The Hall–Kier alpha value is -2.98. The molecule has 10 heteroatoms. The third kappa shape index (κ3) is 4.29. The number of halogens is 1. The van der Waals surface area contributed by atoms with E-state index in [4.69, 9.17) is 0 Å². The van der Waals surface area contributed by atoms with Crippen molar-refractivity contribution in [3.63, 3.8) is 0 Å². The summed E-state index contributed by atoms with van der Waals surface area (Å²) in [6.07, 6.45) is 6.11. The van der Waals surface area contributed by atoms with Gasteiger partial charge in [-0.25, -0.2) is 17.8 Å². The van der Waals surface area contributed by atoms with Crippen molar-refractivity contribution in [2.45, 2.75) is 25.3 Å². The topological polar surface area (TPSA) is 89.2 Å². The number of hydrogen-bond donors (Lipinski definition) is 1. The highest BCUT2D eigenvalue weighted by atomic mass is 32.2. The van der Waals surface area contributed by atoms with Crippen LogP contribution in [0.15, 0.2) is 54.1 Å². The first-order valence-corrected chi connectivity index (χ1v) is 10.9. The fourth-order valence-corrected chi connectivity index (χ4v) is 4.69. The van der Waals surface area contributed by atoms with Gasteiger partial charge in [-0.2, -0.15) is 4.31 Å². The average molecular weight is 434 g/mol. The summed E-state index contributed by atoms with van der Waals surface area (Å²) in [5, 5.41) is 2.71. The van der Waals surface area contributed by atoms with Crippen molar-refractivity contribution in [1.29, 1.82) is 0 Å². The predicted octanol–water partition coefficient (Wildman–Crippen LogP) is 2.31. The average Bonchev–Trinajstić information content (AvgIpc) is 3.37. The summed E-state index contributed by atoms with van der Waals surface area (Å²) in [6, 6.07) is 6.01.